The SMILES string of the molecule is C=CCc1cccc(C(C)=O)c1OCCOC. The highest BCUT2D eigenvalue weighted by atomic mass is 16.5. The zero-order valence-corrected chi connectivity index (χ0v) is 10.4. The van der Waals surface area contributed by atoms with Crippen molar-refractivity contribution in [2.24, 2.45) is 0 Å². The second-order valence-electron chi connectivity index (χ2n) is 3.68. The summed E-state index contributed by atoms with van der Waals surface area (Å²) in [5.74, 6) is 0.653. The van der Waals surface area contributed by atoms with E-state index in [0.29, 0.717) is 30.9 Å². The number of hydrogen-bond acceptors (Lipinski definition) is 3. The van der Waals surface area contributed by atoms with Gasteiger partial charge < -0.3 is 9.47 Å². The Hall–Kier alpha value is -1.61. The molecule has 17 heavy (non-hydrogen) atoms. The van der Waals surface area contributed by atoms with Gasteiger partial charge in [-0.25, -0.2) is 0 Å². The van der Waals surface area contributed by atoms with Gasteiger partial charge in [0.25, 0.3) is 0 Å². The van der Waals surface area contributed by atoms with Gasteiger partial charge >= 0.3 is 0 Å². The average Bonchev–Trinajstić information content (AvgIpc) is 2.31. The minimum atomic E-state index is 0.00308. The normalized spacial score (nSPS) is 10.0. The molecule has 0 unspecified atom stereocenters. The van der Waals surface area contributed by atoms with Gasteiger partial charge in [-0.15, -0.1) is 6.58 Å². The fraction of sp³-hybridized carbons (Fsp3) is 0.357. The molecule has 0 heterocycles. The molecule has 0 aromatic heterocycles. The van der Waals surface area contributed by atoms with Crippen molar-refractivity contribution in [1.82, 2.24) is 0 Å². The standard InChI is InChI=1S/C14H18O3/c1-4-6-12-7-5-8-13(11(2)15)14(12)17-10-9-16-3/h4-5,7-8H,1,6,9-10H2,2-3H3. The third kappa shape index (κ3) is 3.71. The molecule has 0 fully saturated rings. The zero-order chi connectivity index (χ0) is 12.7. The number of ketones is 1. The predicted octanol–water partition coefficient (Wildman–Crippen LogP) is 2.64. The topological polar surface area (TPSA) is 35.5 Å². The molecule has 0 aliphatic rings. The van der Waals surface area contributed by atoms with Gasteiger partial charge in [0, 0.05) is 7.11 Å². The lowest BCUT2D eigenvalue weighted by Gasteiger charge is -2.13. The van der Waals surface area contributed by atoms with Crippen LogP contribution in [0.2, 0.25) is 0 Å². The quantitative estimate of drug-likeness (QED) is 0.413. The van der Waals surface area contributed by atoms with Crippen LogP contribution in [-0.2, 0) is 11.2 Å². The number of methoxy groups -OCH3 is 1. The van der Waals surface area contributed by atoms with Gasteiger partial charge in [0.2, 0.25) is 0 Å². The Morgan fingerprint density at radius 2 is 2.18 bits per heavy atom. The second-order valence-corrected chi connectivity index (χ2v) is 3.68. The van der Waals surface area contributed by atoms with Crippen molar-refractivity contribution in [3.63, 3.8) is 0 Å². The highest BCUT2D eigenvalue weighted by Gasteiger charge is 2.12. The summed E-state index contributed by atoms with van der Waals surface area (Å²) in [5.41, 5.74) is 1.59. The Morgan fingerprint density at radius 3 is 2.76 bits per heavy atom. The van der Waals surface area contributed by atoms with E-state index >= 15 is 0 Å². The van der Waals surface area contributed by atoms with Crippen molar-refractivity contribution >= 4 is 5.78 Å². The van der Waals surface area contributed by atoms with Gasteiger partial charge in [0.15, 0.2) is 5.78 Å². The summed E-state index contributed by atoms with van der Waals surface area (Å²) in [6.45, 7) is 6.18. The number of ether oxygens (including phenoxy) is 2. The summed E-state index contributed by atoms with van der Waals surface area (Å²) in [6.07, 6.45) is 2.48. The lowest BCUT2D eigenvalue weighted by atomic mass is 10.0. The third-order valence-corrected chi connectivity index (χ3v) is 2.37. The molecule has 0 N–H and O–H groups in total. The van der Waals surface area contributed by atoms with E-state index in [1.807, 2.05) is 12.1 Å². The highest BCUT2D eigenvalue weighted by molar-refractivity contribution is 5.97. The van der Waals surface area contributed by atoms with Crippen LogP contribution in [0.1, 0.15) is 22.8 Å². The van der Waals surface area contributed by atoms with Crippen LogP contribution in [0.3, 0.4) is 0 Å². The average molecular weight is 234 g/mol. The summed E-state index contributed by atoms with van der Waals surface area (Å²) in [6, 6.07) is 5.58. The maximum Gasteiger partial charge on any atom is 0.163 e. The summed E-state index contributed by atoms with van der Waals surface area (Å²) in [7, 11) is 1.62. The van der Waals surface area contributed by atoms with Crippen molar-refractivity contribution in [2.75, 3.05) is 20.3 Å². The lowest BCUT2D eigenvalue weighted by molar-refractivity contribution is 0.100. The number of carbonyl (C=O) groups excluding carboxylic acids is 1. The van der Waals surface area contributed by atoms with Crippen molar-refractivity contribution in [2.45, 2.75) is 13.3 Å². The zero-order valence-electron chi connectivity index (χ0n) is 10.4. The number of hydrogen-bond donors (Lipinski definition) is 0. The minimum Gasteiger partial charge on any atom is -0.490 e. The fourth-order valence-corrected chi connectivity index (χ4v) is 1.58. The Balaban J connectivity index is 3.00. The number of Topliss-reactive ketones (excluding diaryl/α,β-unsaturated/α-hetero) is 1. The first kappa shape index (κ1) is 13.5. The van der Waals surface area contributed by atoms with Gasteiger partial charge in [-0.05, 0) is 25.0 Å². The summed E-state index contributed by atoms with van der Waals surface area (Å²) >= 11 is 0. The van der Waals surface area contributed by atoms with E-state index in [9.17, 15) is 4.79 Å². The number of carbonyl (C=O) groups is 1. The number of benzene rings is 1. The van der Waals surface area contributed by atoms with Crippen LogP contribution in [0.25, 0.3) is 0 Å². The minimum absolute atomic E-state index is 0.00308. The molecule has 0 aliphatic heterocycles. The molecule has 3 nitrogen and oxygen atoms in total. The molecule has 0 atom stereocenters. The van der Waals surface area contributed by atoms with Crippen molar-refractivity contribution in [3.8, 4) is 5.75 Å². The molecular formula is C14H18O3. The van der Waals surface area contributed by atoms with Crippen molar-refractivity contribution in [1.29, 1.82) is 0 Å². The summed E-state index contributed by atoms with van der Waals surface area (Å²) < 4.78 is 10.6. The van der Waals surface area contributed by atoms with Crippen LogP contribution in [0, 0.1) is 0 Å². The molecule has 1 aromatic carbocycles. The Labute approximate surface area is 102 Å². The highest BCUT2D eigenvalue weighted by Crippen LogP contribution is 2.25. The van der Waals surface area contributed by atoms with Gasteiger partial charge in [-0.3, -0.25) is 4.79 Å². The summed E-state index contributed by atoms with van der Waals surface area (Å²) in [4.78, 5) is 11.5. The van der Waals surface area contributed by atoms with E-state index in [0.717, 1.165) is 5.56 Å². The van der Waals surface area contributed by atoms with Gasteiger partial charge in [-0.2, -0.15) is 0 Å². The van der Waals surface area contributed by atoms with E-state index in [2.05, 4.69) is 6.58 Å². The lowest BCUT2D eigenvalue weighted by Crippen LogP contribution is -2.09. The molecule has 0 saturated heterocycles. The first-order valence-corrected chi connectivity index (χ1v) is 5.56. The fourth-order valence-electron chi connectivity index (χ4n) is 1.58. The smallest absolute Gasteiger partial charge is 0.163 e. The molecule has 0 bridgehead atoms. The molecule has 3 heteroatoms. The maximum atomic E-state index is 11.5. The van der Waals surface area contributed by atoms with E-state index in [4.69, 9.17) is 9.47 Å². The molecule has 0 saturated carbocycles. The first-order chi connectivity index (χ1) is 8.20. The van der Waals surface area contributed by atoms with E-state index in [1.54, 1.807) is 19.3 Å². The maximum absolute atomic E-state index is 11.5. The van der Waals surface area contributed by atoms with Crippen LogP contribution in [0.4, 0.5) is 0 Å². The second kappa shape index (κ2) is 6.86. The molecule has 1 rings (SSSR count). The van der Waals surface area contributed by atoms with Crippen LogP contribution in [0.15, 0.2) is 30.9 Å². The van der Waals surface area contributed by atoms with E-state index < -0.39 is 0 Å². The van der Waals surface area contributed by atoms with Crippen molar-refractivity contribution in [3.05, 3.63) is 42.0 Å². The van der Waals surface area contributed by atoms with Gasteiger partial charge in [0.1, 0.15) is 12.4 Å². The van der Waals surface area contributed by atoms with Crippen molar-refractivity contribution < 1.29 is 14.3 Å². The Kier molecular flexibility index (Phi) is 5.43. The molecule has 0 aliphatic carbocycles. The number of para-hydroxylation sites is 1. The van der Waals surface area contributed by atoms with Crippen LogP contribution in [0.5, 0.6) is 5.75 Å². The Morgan fingerprint density at radius 1 is 1.41 bits per heavy atom. The molecule has 1 aromatic rings. The molecular weight excluding hydrogens is 216 g/mol. The first-order valence-electron chi connectivity index (χ1n) is 5.56. The van der Waals surface area contributed by atoms with Crippen LogP contribution in [-0.4, -0.2) is 26.1 Å². The third-order valence-electron chi connectivity index (χ3n) is 2.37. The van der Waals surface area contributed by atoms with Gasteiger partial charge in [0.05, 0.1) is 12.2 Å². The van der Waals surface area contributed by atoms with Gasteiger partial charge in [-0.1, -0.05) is 18.2 Å². The number of rotatable bonds is 7. The molecule has 92 valence electrons. The van der Waals surface area contributed by atoms with E-state index in [1.165, 1.54) is 6.92 Å². The Bertz CT molecular complexity index is 396. The van der Waals surface area contributed by atoms with E-state index in [-0.39, 0.29) is 5.78 Å². The van der Waals surface area contributed by atoms with Crippen LogP contribution >= 0.6 is 0 Å². The molecule has 0 radical (unpaired) electrons. The molecule has 0 amide bonds. The molecule has 0 spiro atoms. The number of allylic oxidation sites excluding steroid dienone is 1. The predicted molar refractivity (Wildman–Crippen MR) is 67.7 cm³/mol. The van der Waals surface area contributed by atoms with Crippen LogP contribution < -0.4 is 4.74 Å². The largest absolute Gasteiger partial charge is 0.490 e. The summed E-state index contributed by atoms with van der Waals surface area (Å²) in [5, 5.41) is 0. The monoisotopic (exact) mass is 234 g/mol.